The van der Waals surface area contributed by atoms with Crippen molar-refractivity contribution < 1.29 is 14.3 Å². The van der Waals surface area contributed by atoms with Crippen molar-refractivity contribution in [3.05, 3.63) is 24.0 Å². The van der Waals surface area contributed by atoms with Crippen LogP contribution in [-0.4, -0.2) is 29.5 Å². The summed E-state index contributed by atoms with van der Waals surface area (Å²) in [4.78, 5) is 27.2. The van der Waals surface area contributed by atoms with E-state index in [-0.39, 0.29) is 24.7 Å². The fourth-order valence-electron chi connectivity index (χ4n) is 1.40. The van der Waals surface area contributed by atoms with Crippen LogP contribution in [0.2, 0.25) is 0 Å². The smallest absolute Gasteiger partial charge is 0.330 e. The van der Waals surface area contributed by atoms with Crippen LogP contribution in [0, 0.1) is 0 Å². The van der Waals surface area contributed by atoms with E-state index in [2.05, 4.69) is 15.0 Å². The summed E-state index contributed by atoms with van der Waals surface area (Å²) in [7, 11) is 1.28. The predicted octanol–water partition coefficient (Wildman–Crippen LogP) is 0.696. The first-order valence-corrected chi connectivity index (χ1v) is 5.45. The molecule has 6 nitrogen and oxygen atoms in total. The first-order valence-electron chi connectivity index (χ1n) is 5.45. The molecule has 1 amide bonds. The van der Waals surface area contributed by atoms with Crippen LogP contribution in [0.1, 0.15) is 19.5 Å². The number of hydrogen-bond acceptors (Lipinski definition) is 5. The average Bonchev–Trinajstić information content (AvgIpc) is 2.30. The van der Waals surface area contributed by atoms with Gasteiger partial charge in [0.25, 0.3) is 0 Å². The molecule has 0 unspecified atom stereocenters. The van der Waals surface area contributed by atoms with Gasteiger partial charge in [-0.05, 0) is 26.0 Å². The quantitative estimate of drug-likeness (QED) is 0.795. The molecule has 0 spiro atoms. The highest BCUT2D eigenvalue weighted by Gasteiger charge is 2.30. The first kappa shape index (κ1) is 17.2. The Kier molecular flexibility index (Phi) is 6.27. The van der Waals surface area contributed by atoms with Crippen molar-refractivity contribution in [2.24, 2.45) is 0 Å². The van der Waals surface area contributed by atoms with Crippen LogP contribution in [0.15, 0.2) is 18.3 Å². The molecule has 0 aliphatic rings. The van der Waals surface area contributed by atoms with Crippen molar-refractivity contribution in [1.82, 2.24) is 10.3 Å². The van der Waals surface area contributed by atoms with Crippen molar-refractivity contribution >= 4 is 30.0 Å². The number of carbonyl (C=O) groups excluding carboxylic acids is 2. The van der Waals surface area contributed by atoms with Gasteiger partial charge in [-0.15, -0.1) is 12.4 Å². The Balaban J connectivity index is 0.00000324. The zero-order chi connectivity index (χ0) is 13.8. The van der Waals surface area contributed by atoms with Crippen molar-refractivity contribution in [3.63, 3.8) is 0 Å². The third-order valence-electron chi connectivity index (χ3n) is 2.34. The number of aromatic nitrogens is 1. The maximum atomic E-state index is 11.7. The van der Waals surface area contributed by atoms with E-state index in [0.29, 0.717) is 11.4 Å². The summed E-state index contributed by atoms with van der Waals surface area (Å²) in [5, 5.41) is 2.59. The molecule has 0 aliphatic heterocycles. The number of methoxy groups -OCH3 is 1. The number of carbonyl (C=O) groups is 2. The van der Waals surface area contributed by atoms with Crippen molar-refractivity contribution in [3.8, 4) is 0 Å². The van der Waals surface area contributed by atoms with Gasteiger partial charge in [0.15, 0.2) is 0 Å². The van der Waals surface area contributed by atoms with Crippen LogP contribution in [0.5, 0.6) is 0 Å². The van der Waals surface area contributed by atoms with Crippen molar-refractivity contribution in [1.29, 1.82) is 0 Å². The maximum Gasteiger partial charge on any atom is 0.330 e. The summed E-state index contributed by atoms with van der Waals surface area (Å²) in [5.74, 6) is -0.802. The van der Waals surface area contributed by atoms with E-state index in [4.69, 9.17) is 5.73 Å². The molecular weight excluding hydrogens is 270 g/mol. The monoisotopic (exact) mass is 287 g/mol. The number of nitrogens with zero attached hydrogens (tertiary/aromatic N) is 1. The maximum absolute atomic E-state index is 11.7. The molecule has 1 aromatic heterocycles. The molecular formula is C12H18ClN3O3. The zero-order valence-electron chi connectivity index (χ0n) is 11.1. The number of nitrogens with one attached hydrogen (secondary N) is 1. The summed E-state index contributed by atoms with van der Waals surface area (Å²) in [6.45, 7) is 3.15. The highest BCUT2D eigenvalue weighted by atomic mass is 35.5. The lowest BCUT2D eigenvalue weighted by Crippen LogP contribution is -2.50. The summed E-state index contributed by atoms with van der Waals surface area (Å²) in [5.41, 5.74) is 5.56. The van der Waals surface area contributed by atoms with E-state index < -0.39 is 11.5 Å². The Morgan fingerprint density at radius 3 is 2.53 bits per heavy atom. The minimum atomic E-state index is -1.06. The van der Waals surface area contributed by atoms with E-state index in [9.17, 15) is 9.59 Å². The molecule has 1 aromatic rings. The molecule has 0 saturated heterocycles. The van der Waals surface area contributed by atoms with E-state index >= 15 is 0 Å². The second kappa shape index (κ2) is 6.94. The van der Waals surface area contributed by atoms with Gasteiger partial charge in [-0.1, -0.05) is 0 Å². The van der Waals surface area contributed by atoms with Gasteiger partial charge >= 0.3 is 5.97 Å². The number of nitrogen functional groups attached to an aromatic ring is 1. The van der Waals surface area contributed by atoms with E-state index in [1.54, 1.807) is 26.0 Å². The molecule has 0 radical (unpaired) electrons. The molecule has 0 aliphatic carbocycles. The molecule has 0 aromatic carbocycles. The number of halogens is 1. The second-order valence-electron chi connectivity index (χ2n) is 4.42. The standard InChI is InChI=1S/C12H17N3O3.ClH/c1-12(2,11(17)18-3)15-10(16)6-9-5-4-8(13)7-14-9;/h4-5,7H,6,13H2,1-3H3,(H,15,16);1H. The van der Waals surface area contributed by atoms with Crippen LogP contribution >= 0.6 is 12.4 Å². The predicted molar refractivity (Wildman–Crippen MR) is 73.8 cm³/mol. The number of ether oxygens (including phenoxy) is 1. The summed E-state index contributed by atoms with van der Waals surface area (Å²) >= 11 is 0. The summed E-state index contributed by atoms with van der Waals surface area (Å²) in [6.07, 6.45) is 1.56. The van der Waals surface area contributed by atoms with Gasteiger partial charge < -0.3 is 15.8 Å². The molecule has 106 valence electrons. The van der Waals surface area contributed by atoms with Gasteiger partial charge in [0.2, 0.25) is 5.91 Å². The lowest BCUT2D eigenvalue weighted by Gasteiger charge is -2.22. The van der Waals surface area contributed by atoms with Crippen molar-refractivity contribution in [2.75, 3.05) is 12.8 Å². The zero-order valence-corrected chi connectivity index (χ0v) is 11.9. The van der Waals surface area contributed by atoms with E-state index in [1.807, 2.05) is 0 Å². The Morgan fingerprint density at radius 2 is 2.05 bits per heavy atom. The lowest BCUT2D eigenvalue weighted by atomic mass is 10.1. The number of esters is 1. The van der Waals surface area contributed by atoms with Crippen LogP contribution < -0.4 is 11.1 Å². The second-order valence-corrected chi connectivity index (χ2v) is 4.42. The average molecular weight is 288 g/mol. The van der Waals surface area contributed by atoms with E-state index in [1.165, 1.54) is 13.3 Å². The molecule has 0 saturated carbocycles. The third kappa shape index (κ3) is 5.13. The first-order chi connectivity index (χ1) is 8.35. The number of anilines is 1. The van der Waals surface area contributed by atoms with Crippen LogP contribution in [-0.2, 0) is 20.7 Å². The largest absolute Gasteiger partial charge is 0.467 e. The molecule has 0 bridgehead atoms. The number of hydrogen-bond donors (Lipinski definition) is 2. The number of nitrogens with two attached hydrogens (primary N) is 1. The van der Waals surface area contributed by atoms with Crippen molar-refractivity contribution in [2.45, 2.75) is 25.8 Å². The Labute approximate surface area is 118 Å². The van der Waals surface area contributed by atoms with Crippen LogP contribution in [0.25, 0.3) is 0 Å². The van der Waals surface area contributed by atoms with Gasteiger partial charge in [0.1, 0.15) is 5.54 Å². The Morgan fingerprint density at radius 1 is 1.42 bits per heavy atom. The summed E-state index contributed by atoms with van der Waals surface area (Å²) < 4.78 is 4.60. The highest BCUT2D eigenvalue weighted by molar-refractivity contribution is 5.88. The Hall–Kier alpha value is -1.82. The fraction of sp³-hybridized carbons (Fsp3) is 0.417. The van der Waals surface area contributed by atoms with Gasteiger partial charge in [-0.25, -0.2) is 4.79 Å². The topological polar surface area (TPSA) is 94.3 Å². The molecule has 19 heavy (non-hydrogen) atoms. The molecule has 7 heteroatoms. The number of pyridine rings is 1. The SMILES string of the molecule is COC(=O)C(C)(C)NC(=O)Cc1ccc(N)cn1.Cl. The van der Waals surface area contributed by atoms with Crippen LogP contribution in [0.3, 0.4) is 0 Å². The van der Waals surface area contributed by atoms with Crippen LogP contribution in [0.4, 0.5) is 5.69 Å². The lowest BCUT2D eigenvalue weighted by molar-refractivity contribution is -0.149. The van der Waals surface area contributed by atoms with Gasteiger partial charge in [0.05, 0.1) is 25.4 Å². The number of amides is 1. The van der Waals surface area contributed by atoms with Gasteiger partial charge in [0, 0.05) is 5.69 Å². The minimum absolute atomic E-state index is 0. The van der Waals surface area contributed by atoms with Gasteiger partial charge in [-0.2, -0.15) is 0 Å². The highest BCUT2D eigenvalue weighted by Crippen LogP contribution is 2.06. The molecule has 1 heterocycles. The molecule has 3 N–H and O–H groups in total. The third-order valence-corrected chi connectivity index (χ3v) is 2.34. The molecule has 0 atom stereocenters. The van der Waals surface area contributed by atoms with E-state index in [0.717, 1.165) is 0 Å². The Bertz CT molecular complexity index is 446. The minimum Gasteiger partial charge on any atom is -0.467 e. The normalized spacial score (nSPS) is 10.3. The molecule has 1 rings (SSSR count). The molecule has 0 fully saturated rings. The number of rotatable bonds is 4. The summed E-state index contributed by atoms with van der Waals surface area (Å²) in [6, 6.07) is 3.33. The fourth-order valence-corrected chi connectivity index (χ4v) is 1.40. The van der Waals surface area contributed by atoms with Gasteiger partial charge in [-0.3, -0.25) is 9.78 Å².